The van der Waals surface area contributed by atoms with Crippen LogP contribution >= 0.6 is 0 Å². The van der Waals surface area contributed by atoms with Crippen LogP contribution in [-0.2, 0) is 5.41 Å². The van der Waals surface area contributed by atoms with E-state index in [9.17, 15) is 0 Å². The molecule has 1 aliphatic rings. The highest BCUT2D eigenvalue weighted by atomic mass is 14.9. The van der Waals surface area contributed by atoms with E-state index >= 15 is 0 Å². The van der Waals surface area contributed by atoms with Crippen molar-refractivity contribution in [1.82, 2.24) is 9.97 Å². The molecule has 0 spiro atoms. The Labute approximate surface area is 332 Å². The predicted octanol–water partition coefficient (Wildman–Crippen LogP) is 14.6. The van der Waals surface area contributed by atoms with Crippen LogP contribution in [-0.4, -0.2) is 9.97 Å². The highest BCUT2D eigenvalue weighted by Crippen LogP contribution is 2.52. The second-order valence-corrected chi connectivity index (χ2v) is 15.7. The number of fused-ring (bicyclic) bond motifs is 7. The summed E-state index contributed by atoms with van der Waals surface area (Å²) in [7, 11) is 0. The van der Waals surface area contributed by atoms with Gasteiger partial charge in [-0.1, -0.05) is 190 Å². The molecule has 268 valence electrons. The molecule has 0 N–H and O–H groups in total. The molecule has 9 aromatic carbocycles. The highest BCUT2D eigenvalue weighted by Gasteiger charge is 2.36. The van der Waals surface area contributed by atoms with Crippen LogP contribution in [0.3, 0.4) is 0 Å². The lowest BCUT2D eigenvalue weighted by Crippen LogP contribution is -2.15. The van der Waals surface area contributed by atoms with Crippen LogP contribution in [0.5, 0.6) is 0 Å². The Bertz CT molecular complexity index is 3190. The second kappa shape index (κ2) is 13.0. The van der Waals surface area contributed by atoms with E-state index in [2.05, 4.69) is 202 Å². The van der Waals surface area contributed by atoms with E-state index in [4.69, 9.17) is 9.97 Å². The van der Waals surface area contributed by atoms with Crippen LogP contribution in [0.1, 0.15) is 25.0 Å². The Balaban J connectivity index is 0.991. The van der Waals surface area contributed by atoms with Gasteiger partial charge in [-0.3, -0.25) is 0 Å². The summed E-state index contributed by atoms with van der Waals surface area (Å²) in [6.45, 7) is 4.73. The zero-order valence-electron chi connectivity index (χ0n) is 31.9. The van der Waals surface area contributed by atoms with Gasteiger partial charge in [0.05, 0.1) is 11.4 Å². The molecule has 0 bridgehead atoms. The number of hydrogen-bond acceptors (Lipinski definition) is 2. The van der Waals surface area contributed by atoms with Gasteiger partial charge in [0.25, 0.3) is 0 Å². The molecule has 2 nitrogen and oxygen atoms in total. The van der Waals surface area contributed by atoms with Gasteiger partial charge in [-0.05, 0) is 95.0 Å². The maximum Gasteiger partial charge on any atom is 0.161 e. The highest BCUT2D eigenvalue weighted by molar-refractivity contribution is 6.05. The molecule has 1 heterocycles. The summed E-state index contributed by atoms with van der Waals surface area (Å²) >= 11 is 0. The summed E-state index contributed by atoms with van der Waals surface area (Å²) in [5.74, 6) is 0.715. The largest absolute Gasteiger partial charge is 0.228 e. The van der Waals surface area contributed by atoms with Crippen molar-refractivity contribution in [1.29, 1.82) is 0 Å². The van der Waals surface area contributed by atoms with Crippen molar-refractivity contribution in [3.8, 4) is 67.3 Å². The molecule has 10 aromatic rings. The van der Waals surface area contributed by atoms with Crippen LogP contribution in [0, 0.1) is 0 Å². The topological polar surface area (TPSA) is 25.8 Å². The second-order valence-electron chi connectivity index (χ2n) is 15.7. The number of hydrogen-bond donors (Lipinski definition) is 0. The first-order chi connectivity index (χ1) is 28.0. The standard InChI is InChI=1S/C55H38N2/c1-55(2)49-32-28-37-14-7-9-19-43(37)53(49)48-29-27-40(33-50(48)55)35-23-25-38(26-24-35)42-30-31-47(45-21-11-10-20-44(42)45)54-56-51(39-15-4-3-5-16-39)34-52(57-54)46-22-12-17-36-13-6-8-18-41(36)46/h3-34H,1-2H3. The molecule has 1 aromatic heterocycles. The first-order valence-electron chi connectivity index (χ1n) is 19.7. The number of rotatable bonds is 5. The molecule has 57 heavy (non-hydrogen) atoms. The van der Waals surface area contributed by atoms with E-state index in [1.807, 2.05) is 6.07 Å². The van der Waals surface area contributed by atoms with Gasteiger partial charge in [-0.25, -0.2) is 9.97 Å². The SMILES string of the molecule is CC1(C)c2cc(-c3ccc(-c4ccc(-c5nc(-c6ccccc6)cc(-c6cccc7ccccc67)n5)c5ccccc45)cc3)ccc2-c2c1ccc1ccccc21. The number of aromatic nitrogens is 2. The van der Waals surface area contributed by atoms with Gasteiger partial charge in [0.1, 0.15) is 0 Å². The van der Waals surface area contributed by atoms with Crippen molar-refractivity contribution < 1.29 is 0 Å². The van der Waals surface area contributed by atoms with Crippen molar-refractivity contribution in [2.75, 3.05) is 0 Å². The first-order valence-corrected chi connectivity index (χ1v) is 19.7. The smallest absolute Gasteiger partial charge is 0.161 e. The van der Waals surface area contributed by atoms with Gasteiger partial charge in [0.15, 0.2) is 5.82 Å². The fourth-order valence-electron chi connectivity index (χ4n) is 9.19. The molecule has 0 unspecified atom stereocenters. The van der Waals surface area contributed by atoms with Crippen LogP contribution in [0.15, 0.2) is 194 Å². The Kier molecular flexibility index (Phi) is 7.55. The van der Waals surface area contributed by atoms with Gasteiger partial charge in [0.2, 0.25) is 0 Å². The predicted molar refractivity (Wildman–Crippen MR) is 239 cm³/mol. The summed E-state index contributed by atoms with van der Waals surface area (Å²) in [6, 6.07) is 70.1. The third-order valence-corrected chi connectivity index (χ3v) is 12.1. The molecule has 0 aliphatic heterocycles. The Morgan fingerprint density at radius 3 is 1.70 bits per heavy atom. The summed E-state index contributed by atoms with van der Waals surface area (Å²) in [4.78, 5) is 10.5. The van der Waals surface area contributed by atoms with Crippen LogP contribution in [0.4, 0.5) is 0 Å². The van der Waals surface area contributed by atoms with Gasteiger partial charge < -0.3 is 0 Å². The van der Waals surface area contributed by atoms with E-state index in [0.717, 1.165) is 33.5 Å². The molecule has 0 amide bonds. The van der Waals surface area contributed by atoms with Crippen molar-refractivity contribution in [2.45, 2.75) is 19.3 Å². The lowest BCUT2D eigenvalue weighted by molar-refractivity contribution is 0.661. The fraction of sp³-hybridized carbons (Fsp3) is 0.0545. The molecular formula is C55H38N2. The maximum absolute atomic E-state index is 5.30. The van der Waals surface area contributed by atoms with E-state index < -0.39 is 0 Å². The van der Waals surface area contributed by atoms with Crippen molar-refractivity contribution in [3.05, 3.63) is 205 Å². The van der Waals surface area contributed by atoms with Gasteiger partial charge in [-0.2, -0.15) is 0 Å². The number of benzene rings is 9. The Morgan fingerprint density at radius 1 is 0.333 bits per heavy atom. The van der Waals surface area contributed by atoms with E-state index in [0.29, 0.717) is 5.82 Å². The van der Waals surface area contributed by atoms with Gasteiger partial charge in [0, 0.05) is 22.1 Å². The van der Waals surface area contributed by atoms with Crippen molar-refractivity contribution in [2.24, 2.45) is 0 Å². The minimum Gasteiger partial charge on any atom is -0.228 e. The average Bonchev–Trinajstić information content (AvgIpc) is 3.51. The van der Waals surface area contributed by atoms with Crippen molar-refractivity contribution in [3.63, 3.8) is 0 Å². The quantitative estimate of drug-likeness (QED) is 0.176. The minimum absolute atomic E-state index is 0.0781. The van der Waals surface area contributed by atoms with Gasteiger partial charge in [-0.15, -0.1) is 0 Å². The first kappa shape index (κ1) is 33.2. The normalized spacial score (nSPS) is 12.9. The zero-order valence-corrected chi connectivity index (χ0v) is 31.9. The van der Waals surface area contributed by atoms with Gasteiger partial charge >= 0.3 is 0 Å². The van der Waals surface area contributed by atoms with Crippen molar-refractivity contribution >= 4 is 32.3 Å². The zero-order chi connectivity index (χ0) is 38.1. The van der Waals surface area contributed by atoms with E-state index in [-0.39, 0.29) is 5.41 Å². The molecule has 0 radical (unpaired) electrons. The van der Waals surface area contributed by atoms with Crippen LogP contribution in [0.2, 0.25) is 0 Å². The Morgan fingerprint density at radius 2 is 0.912 bits per heavy atom. The third-order valence-electron chi connectivity index (χ3n) is 12.1. The molecule has 0 atom stereocenters. The minimum atomic E-state index is -0.0781. The lowest BCUT2D eigenvalue weighted by Gasteiger charge is -2.22. The summed E-state index contributed by atoms with van der Waals surface area (Å²) < 4.78 is 0. The average molecular weight is 727 g/mol. The number of nitrogens with zero attached hydrogens (tertiary/aromatic N) is 2. The molecule has 0 saturated carbocycles. The molecule has 0 fully saturated rings. The monoisotopic (exact) mass is 726 g/mol. The molecule has 2 heteroatoms. The summed E-state index contributed by atoms with van der Waals surface area (Å²) in [6.07, 6.45) is 0. The summed E-state index contributed by atoms with van der Waals surface area (Å²) in [5, 5.41) is 7.29. The molecule has 11 rings (SSSR count). The van der Waals surface area contributed by atoms with E-state index in [1.54, 1.807) is 0 Å². The maximum atomic E-state index is 5.30. The third kappa shape index (κ3) is 5.40. The molecular weight excluding hydrogens is 689 g/mol. The summed E-state index contributed by atoms with van der Waals surface area (Å²) in [5.41, 5.74) is 15.2. The fourth-order valence-corrected chi connectivity index (χ4v) is 9.19. The van der Waals surface area contributed by atoms with Crippen LogP contribution in [0.25, 0.3) is 99.6 Å². The molecule has 0 saturated heterocycles. The Hall–Kier alpha value is -7.16. The molecule has 1 aliphatic carbocycles. The lowest BCUT2D eigenvalue weighted by atomic mass is 9.81. The van der Waals surface area contributed by atoms with E-state index in [1.165, 1.54) is 71.4 Å². The van der Waals surface area contributed by atoms with Crippen LogP contribution < -0.4 is 0 Å².